The van der Waals surface area contributed by atoms with Gasteiger partial charge in [-0.05, 0) is 50.7 Å². The van der Waals surface area contributed by atoms with Gasteiger partial charge in [0.25, 0.3) is 0 Å². The minimum atomic E-state index is -0.138. The first-order valence-electron chi connectivity index (χ1n) is 11.3. The normalized spacial score (nSPS) is 18.3. The van der Waals surface area contributed by atoms with Gasteiger partial charge in [-0.2, -0.15) is 5.10 Å². The number of nitrogens with one attached hydrogen (secondary N) is 1. The molecule has 8 nitrogen and oxygen atoms in total. The van der Waals surface area contributed by atoms with Gasteiger partial charge in [-0.1, -0.05) is 0 Å². The predicted molar refractivity (Wildman–Crippen MR) is 123 cm³/mol. The molecular weight excluding hydrogens is 406 g/mol. The van der Waals surface area contributed by atoms with Crippen molar-refractivity contribution in [1.29, 1.82) is 0 Å². The number of aromatic nitrogens is 3. The lowest BCUT2D eigenvalue weighted by molar-refractivity contribution is -0.120. The van der Waals surface area contributed by atoms with E-state index in [2.05, 4.69) is 10.2 Å². The Labute approximate surface area is 187 Å². The number of hydrogen-bond acceptors (Lipinski definition) is 6. The first kappa shape index (κ1) is 20.6. The third-order valence-corrected chi connectivity index (χ3v) is 6.55. The van der Waals surface area contributed by atoms with Crippen molar-refractivity contribution in [2.75, 3.05) is 37.5 Å². The third-order valence-electron chi connectivity index (χ3n) is 6.55. The number of rotatable bonds is 5. The van der Waals surface area contributed by atoms with Crippen LogP contribution in [0.4, 0.5) is 11.5 Å². The lowest BCUT2D eigenvalue weighted by Gasteiger charge is -2.33. The van der Waals surface area contributed by atoms with Crippen molar-refractivity contribution in [3.63, 3.8) is 0 Å². The molecule has 1 N–H and O–H groups in total. The summed E-state index contributed by atoms with van der Waals surface area (Å²) in [6.45, 7) is 1.52. The summed E-state index contributed by atoms with van der Waals surface area (Å²) >= 11 is 0. The predicted octanol–water partition coefficient (Wildman–Crippen LogP) is 3.48. The quantitative estimate of drug-likeness (QED) is 0.661. The Bertz CT molecular complexity index is 1140. The van der Waals surface area contributed by atoms with Crippen LogP contribution in [0.25, 0.3) is 5.52 Å². The van der Waals surface area contributed by atoms with Gasteiger partial charge in [0.15, 0.2) is 5.82 Å². The largest absolute Gasteiger partial charge is 0.497 e. The SMILES string of the molecule is COc1ccc(OC)c(NC(=O)C2CCCN(c3nccn4nc5c(c34)CCCC5)C2)c1. The third kappa shape index (κ3) is 3.74. The molecule has 1 aliphatic heterocycles. The second-order valence-corrected chi connectivity index (χ2v) is 8.52. The van der Waals surface area contributed by atoms with Crippen LogP contribution in [-0.2, 0) is 17.6 Å². The van der Waals surface area contributed by atoms with Gasteiger partial charge in [0.2, 0.25) is 5.91 Å². The Morgan fingerprint density at radius 3 is 2.88 bits per heavy atom. The van der Waals surface area contributed by atoms with Crippen LogP contribution in [0.15, 0.2) is 30.6 Å². The first-order chi connectivity index (χ1) is 15.7. The number of fused-ring (bicyclic) bond motifs is 3. The number of ether oxygens (including phenoxy) is 2. The number of benzene rings is 1. The number of amides is 1. The molecule has 1 fully saturated rings. The average Bonchev–Trinajstić information content (AvgIpc) is 3.23. The van der Waals surface area contributed by atoms with Crippen molar-refractivity contribution in [3.05, 3.63) is 41.9 Å². The van der Waals surface area contributed by atoms with E-state index >= 15 is 0 Å². The van der Waals surface area contributed by atoms with Gasteiger partial charge in [-0.3, -0.25) is 4.79 Å². The molecule has 168 valence electrons. The molecule has 0 saturated carbocycles. The molecule has 0 spiro atoms. The lowest BCUT2D eigenvalue weighted by atomic mass is 9.95. The Kier molecular flexibility index (Phi) is 5.59. The summed E-state index contributed by atoms with van der Waals surface area (Å²) < 4.78 is 12.7. The fourth-order valence-corrected chi connectivity index (χ4v) is 4.91. The first-order valence-corrected chi connectivity index (χ1v) is 11.3. The van der Waals surface area contributed by atoms with Crippen LogP contribution in [0, 0.1) is 5.92 Å². The lowest BCUT2D eigenvalue weighted by Crippen LogP contribution is -2.41. The van der Waals surface area contributed by atoms with Crippen molar-refractivity contribution in [2.24, 2.45) is 5.92 Å². The molecule has 8 heteroatoms. The summed E-state index contributed by atoms with van der Waals surface area (Å²) in [6, 6.07) is 5.41. The molecular formula is C24H29N5O3. The minimum absolute atomic E-state index is 0.0104. The van der Waals surface area contributed by atoms with E-state index in [1.807, 2.05) is 23.0 Å². The molecule has 2 aromatic heterocycles. The van der Waals surface area contributed by atoms with Crippen LogP contribution in [-0.4, -0.2) is 47.8 Å². The maximum atomic E-state index is 13.2. The molecule has 1 unspecified atom stereocenters. The maximum Gasteiger partial charge on any atom is 0.229 e. The zero-order chi connectivity index (χ0) is 22.1. The van der Waals surface area contributed by atoms with Crippen molar-refractivity contribution in [1.82, 2.24) is 14.6 Å². The molecule has 3 heterocycles. The van der Waals surface area contributed by atoms with Crippen molar-refractivity contribution in [2.45, 2.75) is 38.5 Å². The molecule has 0 bridgehead atoms. The fraction of sp³-hybridized carbons (Fsp3) is 0.458. The summed E-state index contributed by atoms with van der Waals surface area (Å²) in [4.78, 5) is 20.2. The highest BCUT2D eigenvalue weighted by atomic mass is 16.5. The molecule has 2 aliphatic rings. The number of anilines is 2. The number of hydrogen-bond donors (Lipinski definition) is 1. The van der Waals surface area contributed by atoms with E-state index in [-0.39, 0.29) is 11.8 Å². The van der Waals surface area contributed by atoms with Gasteiger partial charge < -0.3 is 19.7 Å². The van der Waals surface area contributed by atoms with Crippen LogP contribution in [0.1, 0.15) is 36.9 Å². The van der Waals surface area contributed by atoms with Gasteiger partial charge >= 0.3 is 0 Å². The van der Waals surface area contributed by atoms with E-state index in [0.29, 0.717) is 23.7 Å². The molecule has 1 saturated heterocycles. The summed E-state index contributed by atoms with van der Waals surface area (Å²) in [7, 11) is 3.20. The average molecular weight is 436 g/mol. The molecule has 32 heavy (non-hydrogen) atoms. The highest BCUT2D eigenvalue weighted by Crippen LogP contribution is 2.33. The fourth-order valence-electron chi connectivity index (χ4n) is 4.91. The number of aryl methyl sites for hydroxylation is 2. The highest BCUT2D eigenvalue weighted by molar-refractivity contribution is 5.94. The van der Waals surface area contributed by atoms with Gasteiger partial charge in [0.05, 0.1) is 31.5 Å². The second-order valence-electron chi connectivity index (χ2n) is 8.52. The van der Waals surface area contributed by atoms with Crippen molar-refractivity contribution >= 4 is 22.9 Å². The molecule has 1 atom stereocenters. The van der Waals surface area contributed by atoms with Gasteiger partial charge in [0.1, 0.15) is 17.0 Å². The van der Waals surface area contributed by atoms with Crippen molar-refractivity contribution in [3.8, 4) is 11.5 Å². The van der Waals surface area contributed by atoms with Crippen LogP contribution < -0.4 is 19.7 Å². The number of piperidine rings is 1. The van der Waals surface area contributed by atoms with E-state index < -0.39 is 0 Å². The Morgan fingerprint density at radius 1 is 1.16 bits per heavy atom. The van der Waals surface area contributed by atoms with Gasteiger partial charge in [0, 0.05) is 37.1 Å². The van der Waals surface area contributed by atoms with E-state index in [9.17, 15) is 4.79 Å². The van der Waals surface area contributed by atoms with Crippen LogP contribution >= 0.6 is 0 Å². The van der Waals surface area contributed by atoms with E-state index in [0.717, 1.165) is 43.6 Å². The molecule has 1 aliphatic carbocycles. The van der Waals surface area contributed by atoms with Crippen molar-refractivity contribution < 1.29 is 14.3 Å². The molecule has 3 aromatic rings. The standard InChI is InChI=1S/C24H29N5O3/c1-31-17-9-10-21(32-2)20(14-17)26-24(30)16-6-5-12-28(15-16)23-22-18-7-3-4-8-19(18)27-29(22)13-11-25-23/h9-11,13-14,16H,3-8,12,15H2,1-2H3,(H,26,30). The Hall–Kier alpha value is -3.29. The van der Waals surface area contributed by atoms with E-state index in [4.69, 9.17) is 19.6 Å². The van der Waals surface area contributed by atoms with Crippen LogP contribution in [0.2, 0.25) is 0 Å². The number of methoxy groups -OCH3 is 2. The summed E-state index contributed by atoms with van der Waals surface area (Å²) in [5, 5.41) is 7.85. The number of nitrogens with zero attached hydrogens (tertiary/aromatic N) is 4. The number of carbonyl (C=O) groups excluding carboxylic acids is 1. The summed E-state index contributed by atoms with van der Waals surface area (Å²) in [6.07, 6.45) is 9.98. The zero-order valence-electron chi connectivity index (χ0n) is 18.6. The van der Waals surface area contributed by atoms with Crippen LogP contribution in [0.5, 0.6) is 11.5 Å². The molecule has 1 aromatic carbocycles. The molecule has 1 amide bonds. The monoisotopic (exact) mass is 435 g/mol. The summed E-state index contributed by atoms with van der Waals surface area (Å²) in [5.74, 6) is 2.08. The summed E-state index contributed by atoms with van der Waals surface area (Å²) in [5.41, 5.74) is 4.26. The van der Waals surface area contributed by atoms with Gasteiger partial charge in [-0.25, -0.2) is 9.50 Å². The topological polar surface area (TPSA) is 81.0 Å². The maximum absolute atomic E-state index is 13.2. The Morgan fingerprint density at radius 2 is 2.03 bits per heavy atom. The highest BCUT2D eigenvalue weighted by Gasteiger charge is 2.30. The smallest absolute Gasteiger partial charge is 0.229 e. The van der Waals surface area contributed by atoms with Crippen LogP contribution in [0.3, 0.4) is 0 Å². The van der Waals surface area contributed by atoms with E-state index in [1.165, 1.54) is 24.1 Å². The molecule has 5 rings (SSSR count). The van der Waals surface area contributed by atoms with E-state index in [1.54, 1.807) is 26.4 Å². The van der Waals surface area contributed by atoms with Gasteiger partial charge in [-0.15, -0.1) is 0 Å². The zero-order valence-corrected chi connectivity index (χ0v) is 18.6. The molecule has 0 radical (unpaired) electrons. The minimum Gasteiger partial charge on any atom is -0.497 e. The second kappa shape index (κ2) is 8.68. The Balaban J connectivity index is 1.39. The number of carbonyl (C=O) groups is 1.